The normalized spacial score (nSPS) is 12.4. The maximum Gasteiger partial charge on any atom is 0.138 e. The Labute approximate surface area is 117 Å². The molecule has 0 fully saturated rings. The van der Waals surface area contributed by atoms with Gasteiger partial charge >= 0.3 is 0 Å². The maximum absolute atomic E-state index is 4.71. The van der Waals surface area contributed by atoms with E-state index in [0.29, 0.717) is 0 Å². The molecule has 0 spiro atoms. The summed E-state index contributed by atoms with van der Waals surface area (Å²) in [4.78, 5) is 11.5. The molecule has 1 aromatic heterocycles. The summed E-state index contributed by atoms with van der Waals surface area (Å²) in [6.07, 6.45) is 0. The fourth-order valence-corrected chi connectivity index (χ4v) is 1.89. The predicted octanol–water partition coefficient (Wildman–Crippen LogP) is 3.30. The summed E-state index contributed by atoms with van der Waals surface area (Å²) in [5.74, 6) is 2.71. The van der Waals surface area contributed by atoms with Crippen LogP contribution < -0.4 is 10.2 Å². The van der Waals surface area contributed by atoms with Gasteiger partial charge in [-0.25, -0.2) is 9.97 Å². The molecule has 108 valence electrons. The van der Waals surface area contributed by atoms with Crippen LogP contribution in [0.2, 0.25) is 0 Å². The first-order valence-corrected chi connectivity index (χ1v) is 6.81. The molecule has 4 heteroatoms. The number of rotatable bonds is 3. The molecule has 0 unspecified atom stereocenters. The lowest BCUT2D eigenvalue weighted by atomic mass is 9.95. The van der Waals surface area contributed by atoms with Gasteiger partial charge in [-0.05, 0) is 5.41 Å². The first-order chi connectivity index (χ1) is 8.53. The molecule has 0 aliphatic heterocycles. The van der Waals surface area contributed by atoms with Gasteiger partial charge < -0.3 is 10.2 Å². The number of hydrogen-bond donors (Lipinski definition) is 1. The number of hydrogen-bond acceptors (Lipinski definition) is 4. The Morgan fingerprint density at radius 2 is 1.68 bits per heavy atom. The summed E-state index contributed by atoms with van der Waals surface area (Å²) in [5.41, 5.74) is 0.186. The highest BCUT2D eigenvalue weighted by molar-refractivity contribution is 5.49. The lowest BCUT2D eigenvalue weighted by molar-refractivity contribution is 0.417. The van der Waals surface area contributed by atoms with E-state index in [0.717, 1.165) is 24.0 Å². The van der Waals surface area contributed by atoms with Crippen molar-refractivity contribution in [1.29, 1.82) is 0 Å². The van der Waals surface area contributed by atoms with Crippen molar-refractivity contribution in [2.24, 2.45) is 5.41 Å². The zero-order valence-corrected chi connectivity index (χ0v) is 13.6. The molecule has 0 saturated heterocycles. The van der Waals surface area contributed by atoms with E-state index in [4.69, 9.17) is 4.98 Å². The molecule has 0 aromatic carbocycles. The van der Waals surface area contributed by atoms with Gasteiger partial charge in [0.25, 0.3) is 0 Å². The van der Waals surface area contributed by atoms with Crippen LogP contribution in [-0.4, -0.2) is 30.6 Å². The van der Waals surface area contributed by atoms with E-state index in [2.05, 4.69) is 63.8 Å². The quantitative estimate of drug-likeness (QED) is 0.909. The minimum absolute atomic E-state index is 0.0514. The van der Waals surface area contributed by atoms with E-state index in [1.54, 1.807) is 0 Å². The molecular weight excluding hydrogens is 236 g/mol. The molecule has 1 aromatic rings. The van der Waals surface area contributed by atoms with Gasteiger partial charge in [-0.1, -0.05) is 41.5 Å². The van der Waals surface area contributed by atoms with Gasteiger partial charge in [-0.3, -0.25) is 0 Å². The Balaban J connectivity index is 3.13. The second-order valence-corrected chi connectivity index (χ2v) is 7.35. The lowest BCUT2D eigenvalue weighted by Crippen LogP contribution is -2.30. The number of nitrogens with zero attached hydrogens (tertiary/aromatic N) is 3. The van der Waals surface area contributed by atoms with Crippen LogP contribution in [0.3, 0.4) is 0 Å². The summed E-state index contributed by atoms with van der Waals surface area (Å²) >= 11 is 0. The number of aromatic nitrogens is 2. The fraction of sp³-hybridized carbons (Fsp3) is 0.733. The van der Waals surface area contributed by atoms with Gasteiger partial charge in [0.2, 0.25) is 0 Å². The average molecular weight is 264 g/mol. The monoisotopic (exact) mass is 264 g/mol. The van der Waals surface area contributed by atoms with Crippen LogP contribution in [0.5, 0.6) is 0 Å². The molecule has 0 amide bonds. The average Bonchev–Trinajstić information content (AvgIpc) is 2.25. The largest absolute Gasteiger partial charge is 0.373 e. The topological polar surface area (TPSA) is 41.0 Å². The van der Waals surface area contributed by atoms with Crippen molar-refractivity contribution in [3.8, 4) is 0 Å². The maximum atomic E-state index is 4.71. The Kier molecular flexibility index (Phi) is 4.43. The number of nitrogens with one attached hydrogen (secondary N) is 1. The minimum atomic E-state index is -0.0514. The van der Waals surface area contributed by atoms with Crippen LogP contribution in [-0.2, 0) is 5.41 Å². The zero-order valence-electron chi connectivity index (χ0n) is 13.6. The van der Waals surface area contributed by atoms with Crippen molar-refractivity contribution in [3.63, 3.8) is 0 Å². The van der Waals surface area contributed by atoms with E-state index in [9.17, 15) is 0 Å². The van der Waals surface area contributed by atoms with Crippen LogP contribution in [0.15, 0.2) is 6.07 Å². The molecule has 19 heavy (non-hydrogen) atoms. The SMILES string of the molecule is CNc1cc(N(C)CC(C)(C)C)nc(C(C)(C)C)n1. The highest BCUT2D eigenvalue weighted by Crippen LogP contribution is 2.25. The van der Waals surface area contributed by atoms with Gasteiger partial charge in [0, 0.05) is 32.1 Å². The molecule has 0 aliphatic carbocycles. The fourth-order valence-electron chi connectivity index (χ4n) is 1.89. The Bertz CT molecular complexity index is 427. The molecule has 0 aliphatic rings. The summed E-state index contributed by atoms with van der Waals surface area (Å²) in [5, 5.41) is 3.12. The molecule has 0 saturated carbocycles. The highest BCUT2D eigenvalue weighted by Gasteiger charge is 2.21. The third-order valence-corrected chi connectivity index (χ3v) is 2.74. The molecule has 1 rings (SSSR count). The van der Waals surface area contributed by atoms with Crippen molar-refractivity contribution in [2.45, 2.75) is 47.0 Å². The van der Waals surface area contributed by atoms with Crippen molar-refractivity contribution < 1.29 is 0 Å². The van der Waals surface area contributed by atoms with Crippen LogP contribution in [0.1, 0.15) is 47.4 Å². The second kappa shape index (κ2) is 5.35. The molecule has 1 N–H and O–H groups in total. The van der Waals surface area contributed by atoms with Gasteiger partial charge in [0.15, 0.2) is 0 Å². The van der Waals surface area contributed by atoms with Crippen molar-refractivity contribution >= 4 is 11.6 Å². The van der Waals surface area contributed by atoms with Crippen LogP contribution in [0.25, 0.3) is 0 Å². The Hall–Kier alpha value is -1.32. The highest BCUT2D eigenvalue weighted by atomic mass is 15.2. The standard InChI is InChI=1S/C15H28N4/c1-14(2,3)10-19(8)12-9-11(16-7)17-13(18-12)15(4,5)6/h9H,10H2,1-8H3,(H,16,17,18). The summed E-state index contributed by atoms with van der Waals surface area (Å²) in [6.45, 7) is 14.0. The molecule has 0 bridgehead atoms. The predicted molar refractivity (Wildman–Crippen MR) is 83.0 cm³/mol. The first kappa shape index (κ1) is 15.7. The summed E-state index contributed by atoms with van der Waals surface area (Å²) in [6, 6.07) is 2.00. The second-order valence-electron chi connectivity index (χ2n) is 7.35. The van der Waals surface area contributed by atoms with Crippen molar-refractivity contribution in [2.75, 3.05) is 30.9 Å². The van der Waals surface area contributed by atoms with Crippen LogP contribution in [0.4, 0.5) is 11.6 Å². The summed E-state index contributed by atoms with van der Waals surface area (Å²) < 4.78 is 0. The van der Waals surface area contributed by atoms with E-state index in [1.807, 2.05) is 13.1 Å². The molecule has 1 heterocycles. The lowest BCUT2D eigenvalue weighted by Gasteiger charge is -2.28. The van der Waals surface area contributed by atoms with E-state index in [-0.39, 0.29) is 10.8 Å². The smallest absolute Gasteiger partial charge is 0.138 e. The number of anilines is 2. The molecular formula is C15H28N4. The summed E-state index contributed by atoms with van der Waals surface area (Å²) in [7, 11) is 3.97. The van der Waals surface area contributed by atoms with Crippen molar-refractivity contribution in [1.82, 2.24) is 9.97 Å². The first-order valence-electron chi connectivity index (χ1n) is 6.81. The van der Waals surface area contributed by atoms with E-state index < -0.39 is 0 Å². The van der Waals surface area contributed by atoms with E-state index in [1.165, 1.54) is 0 Å². The Morgan fingerprint density at radius 3 is 2.11 bits per heavy atom. The van der Waals surface area contributed by atoms with Gasteiger partial charge in [-0.15, -0.1) is 0 Å². The zero-order chi connectivity index (χ0) is 14.8. The molecule has 0 radical (unpaired) electrons. The Morgan fingerprint density at radius 1 is 1.11 bits per heavy atom. The molecule has 0 atom stereocenters. The van der Waals surface area contributed by atoms with Crippen LogP contribution in [0, 0.1) is 5.41 Å². The minimum Gasteiger partial charge on any atom is -0.373 e. The van der Waals surface area contributed by atoms with Gasteiger partial charge in [0.05, 0.1) is 0 Å². The van der Waals surface area contributed by atoms with Crippen LogP contribution >= 0.6 is 0 Å². The van der Waals surface area contributed by atoms with Crippen molar-refractivity contribution in [3.05, 3.63) is 11.9 Å². The molecule has 4 nitrogen and oxygen atoms in total. The van der Waals surface area contributed by atoms with E-state index >= 15 is 0 Å². The van der Waals surface area contributed by atoms with Gasteiger partial charge in [-0.2, -0.15) is 0 Å². The third kappa shape index (κ3) is 4.69. The third-order valence-electron chi connectivity index (χ3n) is 2.74. The van der Waals surface area contributed by atoms with Gasteiger partial charge in [0.1, 0.15) is 17.5 Å².